The van der Waals surface area contributed by atoms with Crippen molar-refractivity contribution in [2.75, 3.05) is 6.54 Å². The summed E-state index contributed by atoms with van der Waals surface area (Å²) in [7, 11) is 0. The van der Waals surface area contributed by atoms with E-state index in [0.29, 0.717) is 5.92 Å². The van der Waals surface area contributed by atoms with Gasteiger partial charge < -0.3 is 9.73 Å². The Labute approximate surface area is 115 Å². The summed E-state index contributed by atoms with van der Waals surface area (Å²) in [6, 6.07) is 6.29. The monoisotopic (exact) mass is 258 g/mol. The summed E-state index contributed by atoms with van der Waals surface area (Å²) >= 11 is 0. The Kier molecular flexibility index (Phi) is 4.38. The third-order valence-corrected chi connectivity index (χ3v) is 3.19. The maximum atomic E-state index is 5.62. The van der Waals surface area contributed by atoms with E-state index in [0.717, 1.165) is 24.5 Å². The molecule has 3 nitrogen and oxygen atoms in total. The van der Waals surface area contributed by atoms with E-state index in [9.17, 15) is 0 Å². The molecule has 0 amide bonds. The van der Waals surface area contributed by atoms with E-state index in [-0.39, 0.29) is 0 Å². The lowest BCUT2D eigenvalue weighted by molar-refractivity contribution is 0.544. The quantitative estimate of drug-likeness (QED) is 0.888. The van der Waals surface area contributed by atoms with Crippen LogP contribution in [0.15, 0.2) is 29.0 Å². The molecule has 0 bridgehead atoms. The number of rotatable bonds is 5. The van der Waals surface area contributed by atoms with Gasteiger partial charge in [0, 0.05) is 12.1 Å². The van der Waals surface area contributed by atoms with Crippen LogP contribution < -0.4 is 5.32 Å². The highest BCUT2D eigenvalue weighted by Gasteiger charge is 2.14. The summed E-state index contributed by atoms with van der Waals surface area (Å²) in [5.41, 5.74) is 4.60. The van der Waals surface area contributed by atoms with Crippen molar-refractivity contribution in [1.82, 2.24) is 10.3 Å². The molecule has 1 heterocycles. The van der Waals surface area contributed by atoms with Crippen molar-refractivity contribution < 1.29 is 4.42 Å². The van der Waals surface area contributed by atoms with Gasteiger partial charge in [0.05, 0.1) is 0 Å². The molecule has 0 aliphatic rings. The summed E-state index contributed by atoms with van der Waals surface area (Å²) in [4.78, 5) is 4.34. The number of nitrogens with zero attached hydrogens (tertiary/aromatic N) is 1. The van der Waals surface area contributed by atoms with Gasteiger partial charge in [-0.1, -0.05) is 32.0 Å². The zero-order chi connectivity index (χ0) is 13.8. The molecule has 1 aromatic heterocycles. The van der Waals surface area contributed by atoms with E-state index < -0.39 is 0 Å². The maximum absolute atomic E-state index is 5.62. The van der Waals surface area contributed by atoms with Crippen molar-refractivity contribution in [3.63, 3.8) is 0 Å². The van der Waals surface area contributed by atoms with E-state index in [1.54, 1.807) is 0 Å². The van der Waals surface area contributed by atoms with Crippen LogP contribution in [0.2, 0.25) is 0 Å². The molecule has 1 aromatic carbocycles. The predicted molar refractivity (Wildman–Crippen MR) is 78.0 cm³/mol. The Balaban J connectivity index is 2.24. The average Bonchev–Trinajstić information content (AvgIpc) is 2.77. The van der Waals surface area contributed by atoms with Crippen LogP contribution in [0.4, 0.5) is 0 Å². The third kappa shape index (κ3) is 3.24. The molecule has 2 aromatic rings. The number of hydrogen-bond acceptors (Lipinski definition) is 3. The Morgan fingerprint density at radius 2 is 1.89 bits per heavy atom. The zero-order valence-electron chi connectivity index (χ0n) is 12.2. The molecule has 0 saturated carbocycles. The molecule has 0 saturated heterocycles. The molecule has 0 atom stereocenters. The van der Waals surface area contributed by atoms with Crippen molar-refractivity contribution >= 4 is 0 Å². The van der Waals surface area contributed by atoms with Crippen molar-refractivity contribution in [3.8, 4) is 11.3 Å². The molecule has 3 heteroatoms. The first kappa shape index (κ1) is 13.8. The highest BCUT2D eigenvalue weighted by atomic mass is 16.3. The molecule has 0 aliphatic heterocycles. The first-order valence-corrected chi connectivity index (χ1v) is 6.79. The van der Waals surface area contributed by atoms with E-state index in [2.05, 4.69) is 56.2 Å². The van der Waals surface area contributed by atoms with Crippen LogP contribution in [-0.2, 0) is 6.54 Å². The number of nitrogens with one attached hydrogen (secondary N) is 1. The first-order valence-electron chi connectivity index (χ1n) is 6.79. The fraction of sp³-hybridized carbons (Fsp3) is 0.438. The average molecular weight is 258 g/mol. The van der Waals surface area contributed by atoms with E-state index >= 15 is 0 Å². The van der Waals surface area contributed by atoms with Gasteiger partial charge in [0.25, 0.3) is 0 Å². The highest BCUT2D eigenvalue weighted by Crippen LogP contribution is 2.29. The summed E-state index contributed by atoms with van der Waals surface area (Å²) in [5.74, 6) is 1.53. The summed E-state index contributed by atoms with van der Waals surface area (Å²) < 4.78 is 5.62. The van der Waals surface area contributed by atoms with Crippen LogP contribution in [0.5, 0.6) is 0 Å². The minimum absolute atomic E-state index is 0.635. The molecule has 0 aliphatic carbocycles. The molecular weight excluding hydrogens is 236 g/mol. The van der Waals surface area contributed by atoms with Crippen LogP contribution in [0, 0.1) is 19.8 Å². The Morgan fingerprint density at radius 3 is 2.53 bits per heavy atom. The lowest BCUT2D eigenvalue weighted by atomic mass is 9.99. The Bertz CT molecular complexity index is 523. The van der Waals surface area contributed by atoms with Gasteiger partial charge in [-0.15, -0.1) is 0 Å². The van der Waals surface area contributed by atoms with Crippen LogP contribution in [0.25, 0.3) is 11.3 Å². The second-order valence-corrected chi connectivity index (χ2v) is 5.42. The normalized spacial score (nSPS) is 11.2. The van der Waals surface area contributed by atoms with Crippen molar-refractivity contribution in [1.29, 1.82) is 0 Å². The molecule has 0 fully saturated rings. The lowest BCUT2D eigenvalue weighted by Gasteiger charge is -2.10. The maximum Gasteiger partial charge on any atom is 0.181 e. The Morgan fingerprint density at radius 1 is 1.21 bits per heavy atom. The van der Waals surface area contributed by atoms with Gasteiger partial charge >= 0.3 is 0 Å². The van der Waals surface area contributed by atoms with Crippen LogP contribution in [0.1, 0.15) is 30.7 Å². The van der Waals surface area contributed by atoms with Crippen LogP contribution in [-0.4, -0.2) is 11.5 Å². The number of oxazole rings is 1. The molecule has 0 spiro atoms. The lowest BCUT2D eigenvalue weighted by Crippen LogP contribution is -2.19. The second-order valence-electron chi connectivity index (χ2n) is 5.42. The zero-order valence-corrected chi connectivity index (χ0v) is 12.2. The minimum atomic E-state index is 0.635. The molecule has 1 N–H and O–H groups in total. The first-order chi connectivity index (χ1) is 9.09. The number of benzene rings is 1. The molecule has 0 radical (unpaired) electrons. The topological polar surface area (TPSA) is 38.1 Å². The summed E-state index contributed by atoms with van der Waals surface area (Å²) in [5, 5.41) is 3.41. The summed E-state index contributed by atoms with van der Waals surface area (Å²) in [6.45, 7) is 10.3. The van der Waals surface area contributed by atoms with Gasteiger partial charge in [-0.25, -0.2) is 4.98 Å². The minimum Gasteiger partial charge on any atom is -0.443 e. The van der Waals surface area contributed by atoms with E-state index in [1.807, 2.05) is 0 Å². The van der Waals surface area contributed by atoms with E-state index in [1.165, 1.54) is 23.1 Å². The molecule has 0 unspecified atom stereocenters. The molecular formula is C16H22N2O. The number of hydrogen-bond donors (Lipinski definition) is 1. The number of aryl methyl sites for hydroxylation is 2. The van der Waals surface area contributed by atoms with Gasteiger partial charge in [-0.2, -0.15) is 0 Å². The van der Waals surface area contributed by atoms with Crippen molar-refractivity contribution in [2.45, 2.75) is 34.2 Å². The third-order valence-electron chi connectivity index (χ3n) is 3.19. The SMILES string of the molecule is Cc1cccc(C)c1-c1ocnc1CNCC(C)C. The van der Waals surface area contributed by atoms with Crippen molar-refractivity contribution in [2.24, 2.45) is 5.92 Å². The fourth-order valence-corrected chi connectivity index (χ4v) is 2.25. The van der Waals surface area contributed by atoms with Gasteiger partial charge in [0.15, 0.2) is 12.2 Å². The predicted octanol–water partition coefficient (Wildman–Crippen LogP) is 3.70. The van der Waals surface area contributed by atoms with Gasteiger partial charge in [-0.05, 0) is 37.4 Å². The molecule has 19 heavy (non-hydrogen) atoms. The van der Waals surface area contributed by atoms with Crippen LogP contribution in [0.3, 0.4) is 0 Å². The summed E-state index contributed by atoms with van der Waals surface area (Å²) in [6.07, 6.45) is 1.54. The van der Waals surface area contributed by atoms with E-state index in [4.69, 9.17) is 4.42 Å². The van der Waals surface area contributed by atoms with Crippen LogP contribution >= 0.6 is 0 Å². The van der Waals surface area contributed by atoms with Gasteiger partial charge in [0.1, 0.15) is 5.69 Å². The standard InChI is InChI=1S/C16H22N2O/c1-11(2)8-17-9-14-16(19-10-18-14)15-12(3)6-5-7-13(15)4/h5-7,10-11,17H,8-9H2,1-4H3. The van der Waals surface area contributed by atoms with Crippen molar-refractivity contribution in [3.05, 3.63) is 41.4 Å². The molecule has 2 rings (SSSR count). The van der Waals surface area contributed by atoms with Gasteiger partial charge in [-0.3, -0.25) is 0 Å². The smallest absolute Gasteiger partial charge is 0.181 e. The van der Waals surface area contributed by atoms with Gasteiger partial charge in [0.2, 0.25) is 0 Å². The largest absolute Gasteiger partial charge is 0.443 e. The second kappa shape index (κ2) is 6.02. The fourth-order valence-electron chi connectivity index (χ4n) is 2.25. The molecule has 102 valence electrons. The Hall–Kier alpha value is -1.61. The number of aromatic nitrogens is 1. The highest BCUT2D eigenvalue weighted by molar-refractivity contribution is 5.67.